The Morgan fingerprint density at radius 1 is 1.11 bits per heavy atom. The average molecular weight is 518 g/mol. The highest BCUT2D eigenvalue weighted by Gasteiger charge is 2.69. The van der Waals surface area contributed by atoms with Crippen LogP contribution in [0.3, 0.4) is 0 Å². The fourth-order valence-electron chi connectivity index (χ4n) is 7.08. The fraction of sp³-hybridized carbons (Fsp3) is 0.433. The monoisotopic (exact) mass is 517 g/mol. The summed E-state index contributed by atoms with van der Waals surface area (Å²) < 4.78 is 0. The van der Waals surface area contributed by atoms with Crippen LogP contribution in [0.4, 0.5) is 0 Å². The van der Waals surface area contributed by atoms with Gasteiger partial charge >= 0.3 is 0 Å². The first kappa shape index (κ1) is 26.0. The SMILES string of the molecule is CCc1cccc(-c2ccc(O)c3c2C[C@H]2C[C@H]4[C@H](C(C)C)C(=O)C(C(N)=O)C(=O)[C@@]4(O)C(=O)C2C3=O)c1. The van der Waals surface area contributed by atoms with Gasteiger partial charge in [-0.25, -0.2) is 0 Å². The molecule has 38 heavy (non-hydrogen) atoms. The minimum atomic E-state index is -2.68. The highest BCUT2D eigenvalue weighted by Crippen LogP contribution is 2.53. The maximum atomic E-state index is 13.9. The number of phenolic OH excluding ortho intramolecular Hbond substituents is 1. The lowest BCUT2D eigenvalue weighted by molar-refractivity contribution is -0.182. The molecule has 8 heteroatoms. The Kier molecular flexibility index (Phi) is 6.14. The molecule has 3 aliphatic carbocycles. The number of nitrogens with two attached hydrogens (primary N) is 1. The van der Waals surface area contributed by atoms with Gasteiger partial charge in [0.1, 0.15) is 5.75 Å². The summed E-state index contributed by atoms with van der Waals surface area (Å²) in [6, 6.07) is 11.0. The number of aryl methyl sites for hydroxylation is 1. The first-order chi connectivity index (χ1) is 17.9. The molecule has 3 aliphatic rings. The molecule has 0 saturated heterocycles. The van der Waals surface area contributed by atoms with Crippen LogP contribution in [0, 0.1) is 35.5 Å². The molecular formula is C30H31NO7. The summed E-state index contributed by atoms with van der Waals surface area (Å²) in [7, 11) is 0. The van der Waals surface area contributed by atoms with Gasteiger partial charge in [-0.3, -0.25) is 24.0 Å². The lowest BCUT2D eigenvalue weighted by Crippen LogP contribution is -2.71. The molecule has 2 fully saturated rings. The highest BCUT2D eigenvalue weighted by atomic mass is 16.3. The molecule has 2 unspecified atom stereocenters. The number of phenols is 1. The molecule has 0 bridgehead atoms. The van der Waals surface area contributed by atoms with Gasteiger partial charge in [0.05, 0.1) is 11.5 Å². The van der Waals surface area contributed by atoms with Crippen molar-refractivity contribution in [1.29, 1.82) is 0 Å². The maximum Gasteiger partial charge on any atom is 0.235 e. The van der Waals surface area contributed by atoms with Crippen LogP contribution in [0.5, 0.6) is 5.75 Å². The standard InChI is InChI=1S/C30H31NO7/c1-4-14-6-5-7-15(10-14)17-8-9-20(32)23-18(17)11-16-12-19-21(13(2)3)25(33)24(29(31)37)28(36)30(19,38)27(35)22(16)26(23)34/h5-10,13,16,19,21-22,24,32,38H,4,11-12H2,1-3H3,(H2,31,37)/t16-,19-,21-,22?,24?,30-/m0/s1. The van der Waals surface area contributed by atoms with Crippen molar-refractivity contribution in [2.75, 3.05) is 0 Å². The summed E-state index contributed by atoms with van der Waals surface area (Å²) >= 11 is 0. The number of benzene rings is 2. The normalized spacial score (nSPS) is 30.6. The third-order valence-corrected chi connectivity index (χ3v) is 8.84. The van der Waals surface area contributed by atoms with Crippen molar-refractivity contribution in [2.45, 2.75) is 45.6 Å². The van der Waals surface area contributed by atoms with E-state index in [0.717, 1.165) is 23.1 Å². The van der Waals surface area contributed by atoms with Crippen molar-refractivity contribution in [2.24, 2.45) is 41.2 Å². The van der Waals surface area contributed by atoms with E-state index in [1.54, 1.807) is 19.9 Å². The number of hydrogen-bond acceptors (Lipinski definition) is 7. The van der Waals surface area contributed by atoms with Crippen molar-refractivity contribution in [3.63, 3.8) is 0 Å². The molecule has 2 aromatic carbocycles. The van der Waals surface area contributed by atoms with Crippen LogP contribution in [-0.2, 0) is 32.0 Å². The number of aliphatic hydroxyl groups is 1. The summed E-state index contributed by atoms with van der Waals surface area (Å²) in [5.41, 5.74) is 6.04. The number of amides is 1. The van der Waals surface area contributed by atoms with Gasteiger partial charge in [-0.15, -0.1) is 0 Å². The summed E-state index contributed by atoms with van der Waals surface area (Å²) in [5.74, 6) is -11.4. The van der Waals surface area contributed by atoms with E-state index in [9.17, 15) is 34.2 Å². The molecule has 0 aliphatic heterocycles. The Bertz CT molecular complexity index is 1410. The zero-order valence-corrected chi connectivity index (χ0v) is 21.6. The van der Waals surface area contributed by atoms with Gasteiger partial charge in [-0.2, -0.15) is 0 Å². The van der Waals surface area contributed by atoms with Crippen molar-refractivity contribution in [3.05, 3.63) is 53.1 Å². The lowest BCUT2D eigenvalue weighted by Gasteiger charge is -2.52. The van der Waals surface area contributed by atoms with Crippen molar-refractivity contribution in [3.8, 4) is 16.9 Å². The number of Topliss-reactive ketones (excluding diaryl/α,β-unsaturated/α-hetero) is 4. The predicted octanol–water partition coefficient (Wildman–Crippen LogP) is 2.44. The first-order valence-corrected chi connectivity index (χ1v) is 13.1. The smallest absolute Gasteiger partial charge is 0.235 e. The van der Waals surface area contributed by atoms with Gasteiger partial charge in [0.25, 0.3) is 0 Å². The average Bonchev–Trinajstić information content (AvgIpc) is 2.86. The number of carbonyl (C=O) groups excluding carboxylic acids is 5. The topological polar surface area (TPSA) is 152 Å². The Labute approximate surface area is 220 Å². The molecule has 6 atom stereocenters. The van der Waals surface area contributed by atoms with Gasteiger partial charge < -0.3 is 15.9 Å². The number of hydrogen-bond donors (Lipinski definition) is 3. The van der Waals surface area contributed by atoms with Gasteiger partial charge in [0.2, 0.25) is 5.91 Å². The molecule has 0 spiro atoms. The fourth-order valence-corrected chi connectivity index (χ4v) is 7.08. The third kappa shape index (κ3) is 3.50. The Morgan fingerprint density at radius 2 is 1.82 bits per heavy atom. The molecule has 8 nitrogen and oxygen atoms in total. The summed E-state index contributed by atoms with van der Waals surface area (Å²) in [6.45, 7) is 5.49. The van der Waals surface area contributed by atoms with E-state index in [1.807, 2.05) is 31.2 Å². The Hall–Kier alpha value is -3.65. The van der Waals surface area contributed by atoms with Crippen LogP contribution in [0.15, 0.2) is 36.4 Å². The van der Waals surface area contributed by atoms with Gasteiger partial charge in [0.15, 0.2) is 34.7 Å². The molecule has 5 rings (SSSR count). The molecular weight excluding hydrogens is 486 g/mol. The second kappa shape index (κ2) is 8.98. The van der Waals surface area contributed by atoms with E-state index >= 15 is 0 Å². The molecule has 4 N–H and O–H groups in total. The van der Waals surface area contributed by atoms with Gasteiger partial charge in [0, 0.05) is 11.8 Å². The number of fused-ring (bicyclic) bond motifs is 3. The van der Waals surface area contributed by atoms with Crippen LogP contribution in [-0.4, -0.2) is 44.9 Å². The van der Waals surface area contributed by atoms with E-state index in [0.29, 0.717) is 5.56 Å². The number of primary amides is 1. The highest BCUT2D eigenvalue weighted by molar-refractivity contribution is 6.32. The van der Waals surface area contributed by atoms with Gasteiger partial charge in [-0.05, 0) is 59.4 Å². The maximum absolute atomic E-state index is 13.9. The van der Waals surface area contributed by atoms with Crippen molar-refractivity contribution < 1.29 is 34.2 Å². The van der Waals surface area contributed by atoms with E-state index in [2.05, 4.69) is 0 Å². The minimum absolute atomic E-state index is 0.00671. The van der Waals surface area contributed by atoms with E-state index in [4.69, 9.17) is 5.73 Å². The van der Waals surface area contributed by atoms with E-state index < -0.39 is 64.2 Å². The largest absolute Gasteiger partial charge is 0.507 e. The summed E-state index contributed by atoms with van der Waals surface area (Å²) in [5, 5.41) is 22.4. The molecule has 0 aromatic heterocycles. The van der Waals surface area contributed by atoms with Crippen LogP contribution in [0.25, 0.3) is 11.1 Å². The second-order valence-electron chi connectivity index (χ2n) is 11.2. The van der Waals surface area contributed by atoms with Crippen molar-refractivity contribution in [1.82, 2.24) is 0 Å². The van der Waals surface area contributed by atoms with Crippen LogP contribution in [0.2, 0.25) is 0 Å². The number of ketones is 4. The molecule has 0 radical (unpaired) electrons. The quantitative estimate of drug-likeness (QED) is 0.527. The third-order valence-electron chi connectivity index (χ3n) is 8.84. The van der Waals surface area contributed by atoms with Crippen LogP contribution in [0.1, 0.15) is 48.7 Å². The van der Waals surface area contributed by atoms with E-state index in [-0.39, 0.29) is 30.1 Å². The van der Waals surface area contributed by atoms with E-state index in [1.165, 1.54) is 6.07 Å². The van der Waals surface area contributed by atoms with Crippen molar-refractivity contribution >= 4 is 29.0 Å². The Balaban J connectivity index is 1.66. The predicted molar refractivity (Wildman–Crippen MR) is 137 cm³/mol. The van der Waals surface area contributed by atoms with Gasteiger partial charge in [-0.1, -0.05) is 51.1 Å². The number of carbonyl (C=O) groups is 5. The summed E-state index contributed by atoms with van der Waals surface area (Å²) in [4.78, 5) is 66.4. The molecule has 1 amide bonds. The number of rotatable bonds is 4. The minimum Gasteiger partial charge on any atom is -0.507 e. The zero-order valence-electron chi connectivity index (χ0n) is 21.6. The zero-order chi connectivity index (χ0) is 27.7. The van der Waals surface area contributed by atoms with Crippen LogP contribution < -0.4 is 5.73 Å². The molecule has 0 heterocycles. The first-order valence-electron chi connectivity index (χ1n) is 13.1. The summed E-state index contributed by atoms with van der Waals surface area (Å²) in [6.07, 6.45) is 1.13. The second-order valence-corrected chi connectivity index (χ2v) is 11.2. The molecule has 2 aromatic rings. The lowest BCUT2D eigenvalue weighted by atomic mass is 9.49. The van der Waals surface area contributed by atoms with Crippen LogP contribution >= 0.6 is 0 Å². The molecule has 198 valence electrons. The number of aromatic hydroxyl groups is 1. The Morgan fingerprint density at radius 3 is 2.45 bits per heavy atom. The molecule has 2 saturated carbocycles.